The summed E-state index contributed by atoms with van der Waals surface area (Å²) < 4.78 is 28.8. The summed E-state index contributed by atoms with van der Waals surface area (Å²) in [7, 11) is 0. The minimum absolute atomic E-state index is 0.0172. The van der Waals surface area contributed by atoms with Gasteiger partial charge in [-0.05, 0) is 24.3 Å². The first kappa shape index (κ1) is 18.2. The van der Waals surface area contributed by atoms with Crippen molar-refractivity contribution in [1.29, 1.82) is 0 Å². The van der Waals surface area contributed by atoms with Crippen LogP contribution in [0.25, 0.3) is 10.9 Å². The molecule has 0 unspecified atom stereocenters. The second-order valence-corrected chi connectivity index (χ2v) is 5.76. The minimum Gasteiger partial charge on any atom is -0.322 e. The molecular weight excluding hydrogens is 356 g/mol. The molecule has 0 radical (unpaired) electrons. The van der Waals surface area contributed by atoms with E-state index in [1.165, 1.54) is 6.08 Å². The van der Waals surface area contributed by atoms with Crippen LogP contribution in [0.2, 0.25) is 0 Å². The van der Waals surface area contributed by atoms with Crippen LogP contribution in [-0.2, 0) is 17.9 Å². The van der Waals surface area contributed by atoms with Crippen LogP contribution in [0.1, 0.15) is 0 Å². The highest BCUT2D eigenvalue weighted by Crippen LogP contribution is 2.15. The Balaban J connectivity index is 2.03. The molecule has 0 saturated heterocycles. The molecule has 3 aromatic rings. The van der Waals surface area contributed by atoms with Crippen LogP contribution in [0.3, 0.4) is 0 Å². The largest absolute Gasteiger partial charge is 0.332 e. The number of nitrogens with one attached hydrogen (secondary N) is 1. The van der Waals surface area contributed by atoms with E-state index in [1.54, 1.807) is 24.3 Å². The van der Waals surface area contributed by atoms with Gasteiger partial charge >= 0.3 is 5.69 Å². The highest BCUT2D eigenvalue weighted by molar-refractivity contribution is 5.91. The van der Waals surface area contributed by atoms with Crippen molar-refractivity contribution >= 4 is 22.5 Å². The van der Waals surface area contributed by atoms with Gasteiger partial charge in [-0.15, -0.1) is 6.58 Å². The molecule has 0 spiro atoms. The van der Waals surface area contributed by atoms with Gasteiger partial charge in [0.1, 0.15) is 18.2 Å². The summed E-state index contributed by atoms with van der Waals surface area (Å²) >= 11 is 0. The van der Waals surface area contributed by atoms with Crippen LogP contribution in [0.15, 0.2) is 64.7 Å². The first-order valence-corrected chi connectivity index (χ1v) is 8.00. The van der Waals surface area contributed by atoms with Gasteiger partial charge in [-0.25, -0.2) is 13.6 Å². The number of rotatable bonds is 5. The van der Waals surface area contributed by atoms with E-state index in [0.29, 0.717) is 6.07 Å². The molecule has 1 heterocycles. The molecule has 1 aromatic heterocycles. The van der Waals surface area contributed by atoms with Gasteiger partial charge in [0.25, 0.3) is 5.56 Å². The lowest BCUT2D eigenvalue weighted by molar-refractivity contribution is -0.116. The number of carbonyl (C=O) groups is 1. The van der Waals surface area contributed by atoms with Gasteiger partial charge in [0.05, 0.1) is 16.6 Å². The van der Waals surface area contributed by atoms with Crippen molar-refractivity contribution in [3.8, 4) is 0 Å². The summed E-state index contributed by atoms with van der Waals surface area (Å²) in [6, 6.07) is 9.10. The van der Waals surface area contributed by atoms with E-state index in [9.17, 15) is 23.2 Å². The quantitative estimate of drug-likeness (QED) is 0.700. The number of carbonyl (C=O) groups excluding carboxylic acids is 1. The Morgan fingerprint density at radius 1 is 1.11 bits per heavy atom. The van der Waals surface area contributed by atoms with E-state index in [0.717, 1.165) is 21.3 Å². The molecule has 8 heteroatoms. The van der Waals surface area contributed by atoms with E-state index >= 15 is 0 Å². The first-order chi connectivity index (χ1) is 12.9. The van der Waals surface area contributed by atoms with Gasteiger partial charge in [-0.2, -0.15) is 0 Å². The van der Waals surface area contributed by atoms with Crippen molar-refractivity contribution in [2.75, 3.05) is 5.32 Å². The van der Waals surface area contributed by atoms with Crippen LogP contribution in [-0.4, -0.2) is 15.0 Å². The zero-order chi connectivity index (χ0) is 19.6. The molecule has 138 valence electrons. The van der Waals surface area contributed by atoms with Crippen molar-refractivity contribution in [2.45, 2.75) is 13.1 Å². The SMILES string of the molecule is C=CCn1c(=O)c2ccccc2n(CC(=O)Nc2ccc(F)cc2F)c1=O. The number of hydrogen-bond donors (Lipinski definition) is 1. The smallest absolute Gasteiger partial charge is 0.322 e. The van der Waals surface area contributed by atoms with Gasteiger partial charge in [-0.3, -0.25) is 18.7 Å². The molecule has 0 aliphatic heterocycles. The first-order valence-electron chi connectivity index (χ1n) is 8.00. The fourth-order valence-corrected chi connectivity index (χ4v) is 2.74. The zero-order valence-corrected chi connectivity index (χ0v) is 14.1. The number of amides is 1. The second kappa shape index (κ2) is 7.36. The number of fused-ring (bicyclic) bond motifs is 1. The average molecular weight is 371 g/mol. The Bertz CT molecular complexity index is 1170. The molecule has 3 rings (SSSR count). The molecule has 2 aromatic carbocycles. The maximum absolute atomic E-state index is 13.7. The predicted octanol–water partition coefficient (Wildman–Crippen LogP) is 2.27. The molecule has 6 nitrogen and oxygen atoms in total. The highest BCUT2D eigenvalue weighted by Gasteiger charge is 2.15. The summed E-state index contributed by atoms with van der Waals surface area (Å²) in [4.78, 5) is 37.5. The van der Waals surface area contributed by atoms with Gasteiger partial charge in [0, 0.05) is 12.6 Å². The monoisotopic (exact) mass is 371 g/mol. The zero-order valence-electron chi connectivity index (χ0n) is 14.1. The van der Waals surface area contributed by atoms with Gasteiger partial charge in [-0.1, -0.05) is 18.2 Å². The second-order valence-electron chi connectivity index (χ2n) is 5.76. The number of halogens is 2. The molecule has 1 amide bonds. The average Bonchev–Trinajstić information content (AvgIpc) is 2.64. The number of benzene rings is 2. The lowest BCUT2D eigenvalue weighted by Crippen LogP contribution is -2.41. The molecular formula is C19H15F2N3O3. The lowest BCUT2D eigenvalue weighted by atomic mass is 10.2. The topological polar surface area (TPSA) is 73.1 Å². The fourth-order valence-electron chi connectivity index (χ4n) is 2.74. The number of para-hydroxylation sites is 1. The number of allylic oxidation sites excluding steroid dienone is 1. The standard InChI is InChI=1S/C19H15F2N3O3/c1-2-9-23-18(26)13-5-3-4-6-16(13)24(19(23)27)11-17(25)22-15-8-7-12(20)10-14(15)21/h2-8,10H,1,9,11H2,(H,22,25). The maximum Gasteiger partial charge on any atom is 0.332 e. The van der Waals surface area contributed by atoms with E-state index in [-0.39, 0.29) is 23.1 Å². The van der Waals surface area contributed by atoms with E-state index < -0.39 is 35.3 Å². The van der Waals surface area contributed by atoms with Crippen LogP contribution >= 0.6 is 0 Å². The molecule has 0 aliphatic rings. The van der Waals surface area contributed by atoms with Crippen LogP contribution in [0.5, 0.6) is 0 Å². The molecule has 27 heavy (non-hydrogen) atoms. The highest BCUT2D eigenvalue weighted by atomic mass is 19.1. The minimum atomic E-state index is -0.933. The molecule has 1 N–H and O–H groups in total. The molecule has 0 bridgehead atoms. The third-order valence-electron chi connectivity index (χ3n) is 3.95. The van der Waals surface area contributed by atoms with Crippen LogP contribution in [0, 0.1) is 11.6 Å². The number of anilines is 1. The van der Waals surface area contributed by atoms with Crippen molar-refractivity contribution in [1.82, 2.24) is 9.13 Å². The number of aromatic nitrogens is 2. The van der Waals surface area contributed by atoms with Crippen molar-refractivity contribution < 1.29 is 13.6 Å². The summed E-state index contributed by atoms with van der Waals surface area (Å²) in [6.07, 6.45) is 1.40. The Morgan fingerprint density at radius 3 is 2.56 bits per heavy atom. The van der Waals surface area contributed by atoms with Crippen LogP contribution in [0.4, 0.5) is 14.5 Å². The van der Waals surface area contributed by atoms with Gasteiger partial charge in [0.2, 0.25) is 5.91 Å². The predicted molar refractivity (Wildman–Crippen MR) is 97.7 cm³/mol. The number of hydrogen-bond acceptors (Lipinski definition) is 3. The van der Waals surface area contributed by atoms with E-state index in [2.05, 4.69) is 11.9 Å². The van der Waals surface area contributed by atoms with E-state index in [4.69, 9.17) is 0 Å². The third-order valence-corrected chi connectivity index (χ3v) is 3.95. The molecule has 0 atom stereocenters. The van der Waals surface area contributed by atoms with Gasteiger partial charge < -0.3 is 5.32 Å². The normalized spacial score (nSPS) is 10.7. The van der Waals surface area contributed by atoms with Crippen molar-refractivity contribution in [2.24, 2.45) is 0 Å². The Morgan fingerprint density at radius 2 is 1.85 bits per heavy atom. The van der Waals surface area contributed by atoms with Crippen LogP contribution < -0.4 is 16.6 Å². The summed E-state index contributed by atoms with van der Waals surface area (Å²) in [6.45, 7) is 3.05. The van der Waals surface area contributed by atoms with E-state index in [1.807, 2.05) is 0 Å². The number of nitrogens with zero attached hydrogens (tertiary/aromatic N) is 2. The Kier molecular flexibility index (Phi) is 4.98. The summed E-state index contributed by atoms with van der Waals surface area (Å²) in [5, 5.41) is 2.56. The molecule has 0 fully saturated rings. The van der Waals surface area contributed by atoms with Gasteiger partial charge in [0.15, 0.2) is 0 Å². The molecule has 0 saturated carbocycles. The summed E-state index contributed by atoms with van der Waals surface area (Å²) in [5.41, 5.74) is -1.11. The Labute approximate surface area is 152 Å². The maximum atomic E-state index is 13.7. The lowest BCUT2D eigenvalue weighted by Gasteiger charge is -2.13. The molecule has 0 aliphatic carbocycles. The fraction of sp³-hybridized carbons (Fsp3) is 0.105. The van der Waals surface area contributed by atoms with Crippen molar-refractivity contribution in [3.63, 3.8) is 0 Å². The van der Waals surface area contributed by atoms with Crippen molar-refractivity contribution in [3.05, 3.63) is 87.6 Å². The third kappa shape index (κ3) is 3.55. The summed E-state index contributed by atoms with van der Waals surface area (Å²) in [5.74, 6) is -2.40. The Hall–Kier alpha value is -3.55.